The van der Waals surface area contributed by atoms with Crippen LogP contribution in [0.2, 0.25) is 0 Å². The number of carboxylic acid groups (broad SMARTS) is 1. The molecule has 1 saturated heterocycles. The minimum absolute atomic E-state index is 0.151. The Hall–Kier alpha value is -0.570. The van der Waals surface area contributed by atoms with Gasteiger partial charge in [-0.3, -0.25) is 4.79 Å². The van der Waals surface area contributed by atoms with Gasteiger partial charge < -0.3 is 9.84 Å². The first-order valence-electron chi connectivity index (χ1n) is 7.32. The SMILES string of the molecule is CC1CC(C)C2OC2[C]1C1(C(=O)O)CCCCC1. The molecular weight excluding hydrogens is 228 g/mol. The van der Waals surface area contributed by atoms with Crippen LogP contribution in [0.3, 0.4) is 0 Å². The van der Waals surface area contributed by atoms with Crippen LogP contribution in [0.1, 0.15) is 52.4 Å². The van der Waals surface area contributed by atoms with Crippen molar-refractivity contribution in [1.82, 2.24) is 0 Å². The Morgan fingerprint density at radius 3 is 2.56 bits per heavy atom. The molecule has 3 aliphatic rings. The maximum Gasteiger partial charge on any atom is 0.310 e. The summed E-state index contributed by atoms with van der Waals surface area (Å²) in [6.45, 7) is 4.43. The largest absolute Gasteiger partial charge is 0.481 e. The summed E-state index contributed by atoms with van der Waals surface area (Å²) >= 11 is 0. The first-order valence-corrected chi connectivity index (χ1v) is 7.32. The molecule has 1 aliphatic heterocycles. The van der Waals surface area contributed by atoms with Gasteiger partial charge in [0.2, 0.25) is 0 Å². The van der Waals surface area contributed by atoms with Crippen LogP contribution in [0, 0.1) is 23.2 Å². The van der Waals surface area contributed by atoms with Gasteiger partial charge in [-0.25, -0.2) is 0 Å². The van der Waals surface area contributed by atoms with Gasteiger partial charge in [0.25, 0.3) is 0 Å². The van der Waals surface area contributed by atoms with E-state index in [-0.39, 0.29) is 6.10 Å². The molecule has 101 valence electrons. The number of hydrogen-bond donors (Lipinski definition) is 1. The normalized spacial score (nSPS) is 43.2. The molecule has 1 N–H and O–H groups in total. The molecule has 1 heterocycles. The van der Waals surface area contributed by atoms with Gasteiger partial charge in [0, 0.05) is 5.92 Å². The molecule has 0 aromatic rings. The summed E-state index contributed by atoms with van der Waals surface area (Å²) in [5.74, 6) is 1.60. The minimum Gasteiger partial charge on any atom is -0.481 e. The van der Waals surface area contributed by atoms with E-state index >= 15 is 0 Å². The molecular formula is C15H23O3. The van der Waals surface area contributed by atoms with E-state index in [0.29, 0.717) is 17.9 Å². The average Bonchev–Trinajstić information content (AvgIpc) is 3.10. The molecule has 4 unspecified atom stereocenters. The molecule has 3 fully saturated rings. The Kier molecular flexibility index (Phi) is 2.92. The van der Waals surface area contributed by atoms with E-state index in [0.717, 1.165) is 32.1 Å². The van der Waals surface area contributed by atoms with Crippen LogP contribution < -0.4 is 0 Å². The predicted octanol–water partition coefficient (Wildman–Crippen LogP) is 3.04. The highest BCUT2D eigenvalue weighted by molar-refractivity contribution is 5.78. The summed E-state index contributed by atoms with van der Waals surface area (Å²) < 4.78 is 5.80. The second-order valence-corrected chi connectivity index (χ2v) is 6.54. The van der Waals surface area contributed by atoms with Crippen molar-refractivity contribution in [1.29, 1.82) is 0 Å². The first-order chi connectivity index (χ1) is 8.56. The number of ether oxygens (including phenoxy) is 1. The van der Waals surface area contributed by atoms with Gasteiger partial charge in [-0.2, -0.15) is 0 Å². The number of epoxide rings is 1. The zero-order valence-corrected chi connectivity index (χ0v) is 11.3. The fourth-order valence-electron chi connectivity index (χ4n) is 4.43. The molecule has 3 nitrogen and oxygen atoms in total. The zero-order chi connectivity index (χ0) is 12.9. The molecule has 3 heteroatoms. The molecule has 0 spiro atoms. The van der Waals surface area contributed by atoms with Gasteiger partial charge in [0.1, 0.15) is 0 Å². The molecule has 0 amide bonds. The number of aliphatic carboxylic acids is 1. The van der Waals surface area contributed by atoms with Gasteiger partial charge >= 0.3 is 5.97 Å². The highest BCUT2D eigenvalue weighted by Crippen LogP contribution is 2.59. The van der Waals surface area contributed by atoms with E-state index in [1.165, 1.54) is 12.3 Å². The molecule has 4 atom stereocenters. The van der Waals surface area contributed by atoms with Crippen LogP contribution in [0.15, 0.2) is 0 Å². The molecule has 1 radical (unpaired) electrons. The Labute approximate surface area is 109 Å². The third-order valence-electron chi connectivity index (χ3n) is 5.32. The Morgan fingerprint density at radius 1 is 1.28 bits per heavy atom. The van der Waals surface area contributed by atoms with E-state index in [1.807, 2.05) is 0 Å². The lowest BCUT2D eigenvalue weighted by Gasteiger charge is -2.44. The third kappa shape index (κ3) is 1.70. The van der Waals surface area contributed by atoms with E-state index in [9.17, 15) is 9.90 Å². The average molecular weight is 251 g/mol. The highest BCUT2D eigenvalue weighted by atomic mass is 16.6. The van der Waals surface area contributed by atoms with Gasteiger partial charge in [0.05, 0.1) is 17.6 Å². The Morgan fingerprint density at radius 2 is 1.94 bits per heavy atom. The molecule has 0 aromatic heterocycles. The topological polar surface area (TPSA) is 49.8 Å². The van der Waals surface area contributed by atoms with E-state index < -0.39 is 11.4 Å². The van der Waals surface area contributed by atoms with Crippen molar-refractivity contribution in [3.8, 4) is 0 Å². The molecule has 2 aliphatic carbocycles. The predicted molar refractivity (Wildman–Crippen MR) is 68.0 cm³/mol. The maximum atomic E-state index is 11.9. The zero-order valence-electron chi connectivity index (χ0n) is 11.3. The van der Waals surface area contributed by atoms with Crippen LogP contribution in [0.5, 0.6) is 0 Å². The Bertz CT molecular complexity index is 344. The lowest BCUT2D eigenvalue weighted by molar-refractivity contribution is -0.151. The standard InChI is InChI=1S/C15H23O3/c1-9-8-10(2)12-13(18-12)11(9)15(14(16)17)6-4-3-5-7-15/h9-10,12-13H,3-8H2,1-2H3,(H,16,17). The number of carbonyl (C=O) groups is 1. The van der Waals surface area contributed by atoms with Gasteiger partial charge in [-0.05, 0) is 31.1 Å². The van der Waals surface area contributed by atoms with Crippen molar-refractivity contribution >= 4 is 5.97 Å². The van der Waals surface area contributed by atoms with Gasteiger partial charge in [0.15, 0.2) is 0 Å². The molecule has 2 saturated carbocycles. The fourth-order valence-corrected chi connectivity index (χ4v) is 4.43. The number of hydrogen-bond acceptors (Lipinski definition) is 2. The van der Waals surface area contributed by atoms with Crippen LogP contribution in [-0.2, 0) is 9.53 Å². The number of carboxylic acids is 1. The van der Waals surface area contributed by atoms with Crippen LogP contribution >= 0.6 is 0 Å². The van der Waals surface area contributed by atoms with E-state index in [4.69, 9.17) is 4.74 Å². The van der Waals surface area contributed by atoms with Crippen molar-refractivity contribution in [3.05, 3.63) is 5.92 Å². The van der Waals surface area contributed by atoms with Crippen LogP contribution in [0.25, 0.3) is 0 Å². The molecule has 0 aromatic carbocycles. The second-order valence-electron chi connectivity index (χ2n) is 6.54. The summed E-state index contributed by atoms with van der Waals surface area (Å²) in [4.78, 5) is 11.9. The highest BCUT2D eigenvalue weighted by Gasteiger charge is 2.63. The smallest absolute Gasteiger partial charge is 0.310 e. The van der Waals surface area contributed by atoms with Gasteiger partial charge in [-0.15, -0.1) is 0 Å². The van der Waals surface area contributed by atoms with Gasteiger partial charge in [-0.1, -0.05) is 33.1 Å². The summed E-state index contributed by atoms with van der Waals surface area (Å²) in [6.07, 6.45) is 6.48. The monoisotopic (exact) mass is 251 g/mol. The van der Waals surface area contributed by atoms with E-state index in [1.54, 1.807) is 0 Å². The van der Waals surface area contributed by atoms with E-state index in [2.05, 4.69) is 13.8 Å². The van der Waals surface area contributed by atoms with Crippen molar-refractivity contribution in [2.45, 2.75) is 64.6 Å². The lowest BCUT2D eigenvalue weighted by Crippen LogP contribution is -2.47. The minimum atomic E-state index is -0.604. The number of fused-ring (bicyclic) bond motifs is 1. The molecule has 0 bridgehead atoms. The van der Waals surface area contributed by atoms with Crippen LogP contribution in [0.4, 0.5) is 0 Å². The lowest BCUT2D eigenvalue weighted by atomic mass is 9.57. The second kappa shape index (κ2) is 4.22. The first kappa shape index (κ1) is 12.5. The van der Waals surface area contributed by atoms with Crippen molar-refractivity contribution < 1.29 is 14.6 Å². The third-order valence-corrected chi connectivity index (χ3v) is 5.32. The summed E-state index contributed by atoms with van der Waals surface area (Å²) in [5.41, 5.74) is -0.572. The van der Waals surface area contributed by atoms with Crippen molar-refractivity contribution in [2.24, 2.45) is 17.3 Å². The van der Waals surface area contributed by atoms with Crippen LogP contribution in [-0.4, -0.2) is 23.3 Å². The summed E-state index contributed by atoms with van der Waals surface area (Å²) in [7, 11) is 0. The maximum absolute atomic E-state index is 11.9. The molecule has 18 heavy (non-hydrogen) atoms. The molecule has 3 rings (SSSR count). The summed E-state index contributed by atoms with van der Waals surface area (Å²) in [6, 6.07) is 0. The number of rotatable bonds is 2. The quantitative estimate of drug-likeness (QED) is 0.767. The summed E-state index contributed by atoms with van der Waals surface area (Å²) in [5, 5.41) is 9.78. The Balaban J connectivity index is 1.88. The van der Waals surface area contributed by atoms with Crippen molar-refractivity contribution in [2.75, 3.05) is 0 Å². The fraction of sp³-hybridized carbons (Fsp3) is 0.867. The van der Waals surface area contributed by atoms with Crippen molar-refractivity contribution in [3.63, 3.8) is 0 Å².